The van der Waals surface area contributed by atoms with Crippen LogP contribution in [0.15, 0.2) is 48.5 Å². The summed E-state index contributed by atoms with van der Waals surface area (Å²) in [5.74, 6) is -2.59. The standard InChI is InChI=1S/C33H43N5O6/c1-19(34-5)28(39)37-27(33(2,3)4)31(42)38-18-23(35-29(40)21-13-15-22(16-14-21)32(43)44)17-26(38)30(41)36-25-12-8-10-20-9-6-7-11-24(20)25/h6-7,9,11,13-16,19,23,25-27,34H,8,10,12,17-18H2,1-5H3,(H,35,40)(H,36,41)(H,37,39)(H,43,44). The number of likely N-dealkylation sites (N-methyl/N-ethyl adjacent to an activating group) is 1. The summed E-state index contributed by atoms with van der Waals surface area (Å²) in [6.07, 6.45) is 2.83. The summed E-state index contributed by atoms with van der Waals surface area (Å²) in [6, 6.07) is 10.5. The number of aromatic carboxylic acids is 1. The lowest BCUT2D eigenvalue weighted by atomic mass is 9.85. The van der Waals surface area contributed by atoms with E-state index in [0.717, 1.165) is 24.8 Å². The molecule has 0 saturated carbocycles. The average Bonchev–Trinajstić information content (AvgIpc) is 3.42. The van der Waals surface area contributed by atoms with Crippen molar-refractivity contribution in [2.75, 3.05) is 13.6 Å². The van der Waals surface area contributed by atoms with Crippen LogP contribution in [0.25, 0.3) is 0 Å². The minimum atomic E-state index is -1.10. The van der Waals surface area contributed by atoms with Crippen LogP contribution in [0.1, 0.15) is 84.8 Å². The maximum absolute atomic E-state index is 14.2. The van der Waals surface area contributed by atoms with Gasteiger partial charge in [-0.05, 0) is 80.5 Å². The van der Waals surface area contributed by atoms with E-state index in [1.54, 1.807) is 14.0 Å². The molecular weight excluding hydrogens is 562 g/mol. The number of carboxylic acids is 1. The van der Waals surface area contributed by atoms with Gasteiger partial charge in [0.25, 0.3) is 5.91 Å². The van der Waals surface area contributed by atoms with Gasteiger partial charge in [0, 0.05) is 18.2 Å². The molecule has 2 aromatic carbocycles. The minimum absolute atomic E-state index is 0.0584. The molecule has 0 bridgehead atoms. The molecule has 0 radical (unpaired) electrons. The monoisotopic (exact) mass is 605 g/mol. The first-order valence-corrected chi connectivity index (χ1v) is 15.1. The summed E-state index contributed by atoms with van der Waals surface area (Å²) in [5, 5.41) is 21.0. The van der Waals surface area contributed by atoms with Crippen molar-refractivity contribution in [2.45, 2.75) is 83.6 Å². The third kappa shape index (κ3) is 7.45. The third-order valence-corrected chi connectivity index (χ3v) is 8.53. The predicted molar refractivity (Wildman–Crippen MR) is 165 cm³/mol. The van der Waals surface area contributed by atoms with Crippen LogP contribution in [0.5, 0.6) is 0 Å². The molecule has 0 spiro atoms. The summed E-state index contributed by atoms with van der Waals surface area (Å²) < 4.78 is 0. The van der Waals surface area contributed by atoms with E-state index in [-0.39, 0.29) is 41.9 Å². The number of likely N-dealkylation sites (tertiary alicyclic amines) is 1. The molecule has 44 heavy (non-hydrogen) atoms. The molecule has 0 aromatic heterocycles. The Morgan fingerprint density at radius 2 is 1.61 bits per heavy atom. The minimum Gasteiger partial charge on any atom is -0.478 e. The van der Waals surface area contributed by atoms with Gasteiger partial charge in [-0.25, -0.2) is 4.79 Å². The first-order valence-electron chi connectivity index (χ1n) is 15.1. The fourth-order valence-electron chi connectivity index (χ4n) is 5.85. The van der Waals surface area contributed by atoms with E-state index in [1.807, 2.05) is 39.0 Å². The molecule has 236 valence electrons. The van der Waals surface area contributed by atoms with Crippen LogP contribution in [0, 0.1) is 5.41 Å². The Labute approximate surface area is 258 Å². The highest BCUT2D eigenvalue weighted by Crippen LogP contribution is 2.31. The highest BCUT2D eigenvalue weighted by atomic mass is 16.4. The van der Waals surface area contributed by atoms with Crippen molar-refractivity contribution in [2.24, 2.45) is 5.41 Å². The van der Waals surface area contributed by atoms with E-state index in [2.05, 4.69) is 27.3 Å². The lowest BCUT2D eigenvalue weighted by Gasteiger charge is -2.36. The Morgan fingerprint density at radius 1 is 0.955 bits per heavy atom. The molecule has 4 rings (SSSR count). The number of amides is 4. The highest BCUT2D eigenvalue weighted by Gasteiger charge is 2.46. The Bertz CT molecular complexity index is 1400. The number of carbonyl (C=O) groups excluding carboxylic acids is 4. The van der Waals surface area contributed by atoms with Gasteiger partial charge in [0.1, 0.15) is 12.1 Å². The van der Waals surface area contributed by atoms with Crippen molar-refractivity contribution in [3.8, 4) is 0 Å². The van der Waals surface area contributed by atoms with Gasteiger partial charge in [0.05, 0.1) is 17.6 Å². The van der Waals surface area contributed by atoms with Crippen LogP contribution >= 0.6 is 0 Å². The van der Waals surface area contributed by atoms with Gasteiger partial charge < -0.3 is 31.3 Å². The predicted octanol–water partition coefficient (Wildman–Crippen LogP) is 2.42. The average molecular weight is 606 g/mol. The first-order chi connectivity index (χ1) is 20.8. The largest absolute Gasteiger partial charge is 0.478 e. The molecule has 1 fully saturated rings. The SMILES string of the molecule is CNC(C)C(=O)NC(C(=O)N1CC(NC(=O)c2ccc(C(=O)O)cc2)CC1C(=O)NC1CCCc2ccccc21)C(C)(C)C. The van der Waals surface area contributed by atoms with Gasteiger partial charge >= 0.3 is 5.97 Å². The number of nitrogens with zero attached hydrogens (tertiary/aromatic N) is 1. The quantitative estimate of drug-likeness (QED) is 0.294. The maximum Gasteiger partial charge on any atom is 0.335 e. The van der Waals surface area contributed by atoms with Crippen molar-refractivity contribution in [3.05, 3.63) is 70.8 Å². The van der Waals surface area contributed by atoms with Crippen LogP contribution in [0.2, 0.25) is 0 Å². The lowest BCUT2D eigenvalue weighted by Crippen LogP contribution is -2.59. The highest BCUT2D eigenvalue weighted by molar-refractivity contribution is 5.97. The van der Waals surface area contributed by atoms with Crippen molar-refractivity contribution >= 4 is 29.6 Å². The number of hydrogen-bond donors (Lipinski definition) is 5. The van der Waals surface area contributed by atoms with Gasteiger partial charge in [0.15, 0.2) is 0 Å². The van der Waals surface area contributed by atoms with E-state index in [0.29, 0.717) is 0 Å². The molecule has 1 saturated heterocycles. The Hall–Kier alpha value is -4.25. The lowest BCUT2D eigenvalue weighted by molar-refractivity contribution is -0.144. The van der Waals surface area contributed by atoms with Crippen molar-refractivity contribution in [1.29, 1.82) is 0 Å². The van der Waals surface area contributed by atoms with Gasteiger partial charge in [-0.2, -0.15) is 0 Å². The topological polar surface area (TPSA) is 157 Å². The second-order valence-electron chi connectivity index (χ2n) is 12.8. The van der Waals surface area contributed by atoms with Gasteiger partial charge in [-0.1, -0.05) is 45.0 Å². The molecule has 1 aliphatic carbocycles. The van der Waals surface area contributed by atoms with Crippen LogP contribution in [0.3, 0.4) is 0 Å². The first kappa shape index (κ1) is 32.7. The van der Waals surface area contributed by atoms with E-state index >= 15 is 0 Å². The van der Waals surface area contributed by atoms with E-state index in [9.17, 15) is 29.1 Å². The normalized spacial score (nSPS) is 21.0. The van der Waals surface area contributed by atoms with E-state index < -0.39 is 47.4 Å². The summed E-state index contributed by atoms with van der Waals surface area (Å²) in [4.78, 5) is 66.8. The molecule has 1 aliphatic heterocycles. The molecule has 1 heterocycles. The molecular formula is C33H43N5O6. The maximum atomic E-state index is 14.2. The van der Waals surface area contributed by atoms with Gasteiger partial charge in [-0.3, -0.25) is 19.2 Å². The van der Waals surface area contributed by atoms with Gasteiger partial charge in [-0.15, -0.1) is 0 Å². The molecule has 11 nitrogen and oxygen atoms in total. The second-order valence-corrected chi connectivity index (χ2v) is 12.8. The zero-order valence-corrected chi connectivity index (χ0v) is 26.0. The number of rotatable bonds is 9. The van der Waals surface area contributed by atoms with Crippen LogP contribution in [-0.4, -0.2) is 77.4 Å². The second kappa shape index (κ2) is 13.6. The third-order valence-electron chi connectivity index (χ3n) is 8.53. The molecule has 4 amide bonds. The Kier molecular flexibility index (Phi) is 10.1. The Morgan fingerprint density at radius 3 is 2.25 bits per heavy atom. The number of carboxylic acid groups (broad SMARTS) is 1. The van der Waals surface area contributed by atoms with Crippen molar-refractivity contribution in [3.63, 3.8) is 0 Å². The van der Waals surface area contributed by atoms with Crippen LogP contribution in [-0.2, 0) is 20.8 Å². The zero-order chi connectivity index (χ0) is 32.2. The van der Waals surface area contributed by atoms with E-state index in [1.165, 1.54) is 34.7 Å². The summed E-state index contributed by atoms with van der Waals surface area (Å²) in [5.41, 5.74) is 1.91. The number of benzene rings is 2. The number of fused-ring (bicyclic) bond motifs is 1. The smallest absolute Gasteiger partial charge is 0.335 e. The summed E-state index contributed by atoms with van der Waals surface area (Å²) in [7, 11) is 1.66. The molecule has 2 aliphatic rings. The molecule has 2 aromatic rings. The fourth-order valence-corrected chi connectivity index (χ4v) is 5.85. The molecule has 11 heteroatoms. The summed E-state index contributed by atoms with van der Waals surface area (Å²) in [6.45, 7) is 7.32. The van der Waals surface area contributed by atoms with Crippen molar-refractivity contribution < 1.29 is 29.1 Å². The van der Waals surface area contributed by atoms with E-state index in [4.69, 9.17) is 0 Å². The summed E-state index contributed by atoms with van der Waals surface area (Å²) >= 11 is 0. The van der Waals surface area contributed by atoms with Crippen LogP contribution in [0.4, 0.5) is 0 Å². The van der Waals surface area contributed by atoms with Gasteiger partial charge in [0.2, 0.25) is 17.7 Å². The number of aryl methyl sites for hydroxylation is 1. The molecule has 5 unspecified atom stereocenters. The van der Waals surface area contributed by atoms with Crippen LogP contribution < -0.4 is 21.3 Å². The number of carbonyl (C=O) groups is 5. The number of nitrogens with one attached hydrogen (secondary N) is 4. The number of hydrogen-bond acceptors (Lipinski definition) is 6. The van der Waals surface area contributed by atoms with Crippen molar-refractivity contribution in [1.82, 2.24) is 26.2 Å². The molecule has 5 atom stereocenters. The molecule has 5 N–H and O–H groups in total. The Balaban J connectivity index is 1.59. The zero-order valence-electron chi connectivity index (χ0n) is 26.0. The fraction of sp³-hybridized carbons (Fsp3) is 0.485.